The minimum Gasteiger partial charge on any atom is -0.332 e. The lowest BCUT2D eigenvalue weighted by atomic mass is 10.2. The molecule has 3 heteroatoms. The Balaban J connectivity index is 2.36. The highest BCUT2D eigenvalue weighted by atomic mass is 16.2. The van der Waals surface area contributed by atoms with Gasteiger partial charge in [0.2, 0.25) is 5.91 Å². The number of carbonyl (C=O) groups is 1. The van der Waals surface area contributed by atoms with E-state index in [-0.39, 0.29) is 5.91 Å². The topological polar surface area (TPSA) is 20.3 Å². The van der Waals surface area contributed by atoms with Crippen molar-refractivity contribution in [3.05, 3.63) is 0 Å². The first kappa shape index (κ1) is 11.5. The third-order valence-corrected chi connectivity index (χ3v) is 3.32. The molecule has 82 valence electrons. The van der Waals surface area contributed by atoms with E-state index < -0.39 is 0 Å². The van der Waals surface area contributed by atoms with E-state index in [1.54, 1.807) is 6.92 Å². The number of hydrogen-bond acceptors (Lipinski definition) is 1. The van der Waals surface area contributed by atoms with Gasteiger partial charge in [-0.1, -0.05) is 13.3 Å². The van der Waals surface area contributed by atoms with E-state index in [9.17, 15) is 4.79 Å². The minimum absolute atomic E-state index is 0.228. The van der Waals surface area contributed by atoms with E-state index >= 15 is 0 Å². The van der Waals surface area contributed by atoms with Gasteiger partial charge in [0.15, 0.2) is 0 Å². The summed E-state index contributed by atoms with van der Waals surface area (Å²) < 4.78 is 1.15. The number of hydrogen-bond donors (Lipinski definition) is 0. The summed E-state index contributed by atoms with van der Waals surface area (Å²) in [5.41, 5.74) is 0. The first-order valence-corrected chi connectivity index (χ1v) is 5.66. The van der Waals surface area contributed by atoms with Crippen LogP contribution in [0.2, 0.25) is 0 Å². The molecule has 1 heterocycles. The van der Waals surface area contributed by atoms with Gasteiger partial charge in [0.05, 0.1) is 39.8 Å². The molecule has 0 spiro atoms. The molecule has 0 aromatic carbocycles. The maximum atomic E-state index is 11.1. The molecule has 1 fully saturated rings. The van der Waals surface area contributed by atoms with Crippen LogP contribution in [0.15, 0.2) is 0 Å². The van der Waals surface area contributed by atoms with Gasteiger partial charge >= 0.3 is 0 Å². The average molecular weight is 199 g/mol. The number of rotatable bonds is 3. The number of piperazine rings is 1. The molecule has 14 heavy (non-hydrogen) atoms. The van der Waals surface area contributed by atoms with Crippen LogP contribution in [0.4, 0.5) is 0 Å². The van der Waals surface area contributed by atoms with E-state index in [2.05, 4.69) is 14.0 Å². The van der Waals surface area contributed by atoms with Gasteiger partial charge in [0, 0.05) is 6.92 Å². The van der Waals surface area contributed by atoms with Crippen molar-refractivity contribution in [3.63, 3.8) is 0 Å². The lowest BCUT2D eigenvalue weighted by Gasteiger charge is -2.41. The monoisotopic (exact) mass is 199 g/mol. The second kappa shape index (κ2) is 4.78. The van der Waals surface area contributed by atoms with Crippen molar-refractivity contribution in [2.45, 2.75) is 26.7 Å². The standard InChI is InChI=1S/C11H23N2O/c1-4-5-8-13(3)9-6-12(7-10-13)11(2)14/h4-10H2,1-3H3/q+1. The summed E-state index contributed by atoms with van der Waals surface area (Å²) >= 11 is 0. The van der Waals surface area contributed by atoms with Crippen molar-refractivity contribution in [1.82, 2.24) is 4.90 Å². The van der Waals surface area contributed by atoms with E-state index in [1.807, 2.05) is 4.90 Å². The molecule has 3 nitrogen and oxygen atoms in total. The summed E-state index contributed by atoms with van der Waals surface area (Å²) in [4.78, 5) is 13.1. The van der Waals surface area contributed by atoms with Crippen molar-refractivity contribution < 1.29 is 9.28 Å². The molecule has 1 aliphatic heterocycles. The summed E-state index contributed by atoms with van der Waals surface area (Å²) in [6.07, 6.45) is 2.57. The molecule has 0 aliphatic carbocycles. The van der Waals surface area contributed by atoms with Crippen LogP contribution >= 0.6 is 0 Å². The maximum Gasteiger partial charge on any atom is 0.219 e. The van der Waals surface area contributed by atoms with Gasteiger partial charge in [-0.3, -0.25) is 4.79 Å². The van der Waals surface area contributed by atoms with E-state index in [0.29, 0.717) is 0 Å². The molecule has 0 unspecified atom stereocenters. The zero-order valence-electron chi connectivity index (χ0n) is 9.75. The highest BCUT2D eigenvalue weighted by Crippen LogP contribution is 2.11. The molecule has 1 amide bonds. The van der Waals surface area contributed by atoms with Crippen molar-refractivity contribution in [2.75, 3.05) is 39.8 Å². The predicted molar refractivity (Wildman–Crippen MR) is 57.9 cm³/mol. The second-order valence-electron chi connectivity index (χ2n) is 4.65. The van der Waals surface area contributed by atoms with Gasteiger partial charge in [-0.25, -0.2) is 0 Å². The van der Waals surface area contributed by atoms with Crippen LogP contribution in [-0.2, 0) is 4.79 Å². The number of amides is 1. The Kier molecular flexibility index (Phi) is 3.93. The Labute approximate surface area is 87.3 Å². The molecule has 0 atom stereocenters. The van der Waals surface area contributed by atoms with Crippen molar-refractivity contribution in [3.8, 4) is 0 Å². The third kappa shape index (κ3) is 2.98. The lowest BCUT2D eigenvalue weighted by Crippen LogP contribution is -2.58. The van der Waals surface area contributed by atoms with Gasteiger partial charge in [-0.2, -0.15) is 0 Å². The molecule has 0 aromatic heterocycles. The Hall–Kier alpha value is -0.570. The average Bonchev–Trinajstić information content (AvgIpc) is 2.16. The SMILES string of the molecule is CCCC[N+]1(C)CCN(C(C)=O)CC1. The summed E-state index contributed by atoms with van der Waals surface area (Å²) in [5, 5.41) is 0. The van der Waals surface area contributed by atoms with Crippen LogP contribution in [0.1, 0.15) is 26.7 Å². The molecule has 1 rings (SSSR count). The Bertz CT molecular complexity index is 195. The molecule has 0 N–H and O–H groups in total. The fourth-order valence-electron chi connectivity index (χ4n) is 2.03. The molecule has 0 aromatic rings. The summed E-state index contributed by atoms with van der Waals surface area (Å²) in [7, 11) is 2.31. The first-order valence-electron chi connectivity index (χ1n) is 5.66. The van der Waals surface area contributed by atoms with Gasteiger partial charge < -0.3 is 9.38 Å². The molecular weight excluding hydrogens is 176 g/mol. The fraction of sp³-hybridized carbons (Fsp3) is 0.909. The first-order chi connectivity index (χ1) is 6.57. The van der Waals surface area contributed by atoms with Gasteiger partial charge in [-0.15, -0.1) is 0 Å². The molecular formula is C11H23N2O+. The molecule has 1 aliphatic rings. The van der Waals surface area contributed by atoms with Crippen LogP contribution in [0.25, 0.3) is 0 Å². The zero-order valence-corrected chi connectivity index (χ0v) is 9.75. The Morgan fingerprint density at radius 2 is 1.93 bits per heavy atom. The predicted octanol–water partition coefficient (Wildman–Crippen LogP) is 1.10. The van der Waals surface area contributed by atoms with Crippen LogP contribution in [0.5, 0.6) is 0 Å². The van der Waals surface area contributed by atoms with Gasteiger partial charge in [-0.05, 0) is 6.42 Å². The van der Waals surface area contributed by atoms with E-state index in [1.165, 1.54) is 19.4 Å². The number of nitrogens with zero attached hydrogens (tertiary/aromatic N) is 2. The number of quaternary nitrogens is 1. The summed E-state index contributed by atoms with van der Waals surface area (Å²) in [6, 6.07) is 0. The highest BCUT2D eigenvalue weighted by Gasteiger charge is 2.28. The Morgan fingerprint density at radius 3 is 2.36 bits per heavy atom. The van der Waals surface area contributed by atoms with E-state index in [4.69, 9.17) is 0 Å². The van der Waals surface area contributed by atoms with Crippen molar-refractivity contribution >= 4 is 5.91 Å². The largest absolute Gasteiger partial charge is 0.332 e. The minimum atomic E-state index is 0.228. The van der Waals surface area contributed by atoms with Crippen molar-refractivity contribution in [2.24, 2.45) is 0 Å². The number of unbranched alkanes of at least 4 members (excludes halogenated alkanes) is 1. The van der Waals surface area contributed by atoms with Gasteiger partial charge in [0.1, 0.15) is 0 Å². The number of carbonyl (C=O) groups excluding carboxylic acids is 1. The molecule has 1 saturated heterocycles. The normalized spacial score (nSPS) is 20.9. The molecule has 0 saturated carbocycles. The lowest BCUT2D eigenvalue weighted by molar-refractivity contribution is -0.913. The van der Waals surface area contributed by atoms with Crippen LogP contribution in [-0.4, -0.2) is 55.1 Å². The highest BCUT2D eigenvalue weighted by molar-refractivity contribution is 5.73. The molecule has 0 radical (unpaired) electrons. The third-order valence-electron chi connectivity index (χ3n) is 3.32. The zero-order chi connectivity index (χ0) is 10.6. The van der Waals surface area contributed by atoms with E-state index in [0.717, 1.165) is 30.7 Å². The molecule has 0 bridgehead atoms. The van der Waals surface area contributed by atoms with Crippen molar-refractivity contribution in [1.29, 1.82) is 0 Å². The second-order valence-corrected chi connectivity index (χ2v) is 4.65. The Morgan fingerprint density at radius 1 is 1.36 bits per heavy atom. The smallest absolute Gasteiger partial charge is 0.219 e. The summed E-state index contributed by atoms with van der Waals surface area (Å²) in [5.74, 6) is 0.228. The van der Waals surface area contributed by atoms with Gasteiger partial charge in [0.25, 0.3) is 0 Å². The van der Waals surface area contributed by atoms with Crippen LogP contribution in [0.3, 0.4) is 0 Å². The quantitative estimate of drug-likeness (QED) is 0.623. The fourth-order valence-corrected chi connectivity index (χ4v) is 2.03. The summed E-state index contributed by atoms with van der Waals surface area (Å²) in [6.45, 7) is 9.30. The number of likely N-dealkylation sites (N-methyl/N-ethyl adjacent to an activating group) is 1. The van der Waals surface area contributed by atoms with Crippen LogP contribution < -0.4 is 0 Å². The maximum absolute atomic E-state index is 11.1. The van der Waals surface area contributed by atoms with Crippen LogP contribution in [0, 0.1) is 0 Å².